The second-order valence-electron chi connectivity index (χ2n) is 21.9. The number of aromatic hydroxyl groups is 10. The first-order valence-electron chi connectivity index (χ1n) is 26.4. The van der Waals surface area contributed by atoms with Crippen LogP contribution >= 0.6 is 0 Å². The summed E-state index contributed by atoms with van der Waals surface area (Å²) in [5.41, 5.74) is -12.9. The van der Waals surface area contributed by atoms with Crippen LogP contribution in [0.25, 0.3) is 0 Å². The van der Waals surface area contributed by atoms with Gasteiger partial charge < -0.3 is 105 Å². The van der Waals surface area contributed by atoms with Gasteiger partial charge in [-0.3, -0.25) is 9.59 Å². The molecule has 4 heterocycles. The fourth-order valence-electron chi connectivity index (χ4n) is 13.9. The van der Waals surface area contributed by atoms with Crippen LogP contribution in [0.4, 0.5) is 0 Å². The van der Waals surface area contributed by atoms with Crippen molar-refractivity contribution < 1.29 is 120 Å². The van der Waals surface area contributed by atoms with Crippen LogP contribution in [0.1, 0.15) is 95.8 Å². The molecule has 0 aromatic heterocycles. The number of fused-ring (bicyclic) bond motifs is 6. The number of carbonyl (C=O) groups excluding carboxylic acids is 3. The zero-order valence-electron chi connectivity index (χ0n) is 43.6. The highest BCUT2D eigenvalue weighted by Gasteiger charge is 2.73. The van der Waals surface area contributed by atoms with Crippen molar-refractivity contribution in [3.8, 4) is 80.5 Å². The van der Waals surface area contributed by atoms with E-state index in [1.165, 1.54) is 6.92 Å². The Morgan fingerprint density at radius 1 is 0.571 bits per heavy atom. The fourth-order valence-corrected chi connectivity index (χ4v) is 13.9. The molecule has 434 valence electrons. The molecule has 6 aromatic rings. The van der Waals surface area contributed by atoms with Crippen molar-refractivity contribution in [2.75, 3.05) is 6.61 Å². The van der Waals surface area contributed by atoms with Gasteiger partial charge in [-0.15, -0.1) is 0 Å². The average Bonchev–Trinajstić information content (AvgIpc) is 1.20. The Morgan fingerprint density at radius 3 is 1.56 bits per heavy atom. The molecule has 14 rings (SSSR count). The molecule has 0 spiro atoms. The van der Waals surface area contributed by atoms with E-state index in [-0.39, 0.29) is 51.7 Å². The topological polar surface area (TPSA) is 421 Å². The fraction of sp³-hybridized carbons (Fsp3) is 0.283. The van der Waals surface area contributed by atoms with E-state index < -0.39 is 223 Å². The highest BCUT2D eigenvalue weighted by molar-refractivity contribution is 6.19. The summed E-state index contributed by atoms with van der Waals surface area (Å²) in [5, 5.41) is 189. The van der Waals surface area contributed by atoms with E-state index in [1.807, 2.05) is 0 Å². The lowest BCUT2D eigenvalue weighted by atomic mass is 9.46. The minimum Gasteiger partial charge on any atom is -0.508 e. The third-order valence-corrected chi connectivity index (χ3v) is 17.2. The molecule has 0 saturated carbocycles. The number of hydrogen-bond donors (Lipinski definition) is 16. The Morgan fingerprint density at radius 2 is 1.04 bits per heavy atom. The number of phenolic OH excluding ortho intramolecular Hbond substituents is 10. The Bertz CT molecular complexity index is 4010. The van der Waals surface area contributed by atoms with Gasteiger partial charge in [0.1, 0.15) is 87.3 Å². The SMILES string of the molecule is CCOC(=O)c1cc([C@H]2Oc3cc(O)cc(O)c3C[C@H]2O)cc2c1C(=O)C(O)=C1[C@@]3(O)C(=O)C=C([C@H]4Oc5cc(O)cc(O)c5C[C@H]4O)[C@H](c4c([C@H]5Oc6cc(O)cc(O)c6C[C@H]5O)cc(O)c(O)c43)[C@]12[C@H]1Oc2cc(O)cc(O)c2C[C@H]1O. The zero-order valence-corrected chi connectivity index (χ0v) is 43.6. The lowest BCUT2D eigenvalue weighted by Gasteiger charge is -2.58. The molecule has 11 atom stereocenters. The van der Waals surface area contributed by atoms with E-state index in [1.54, 1.807) is 0 Å². The van der Waals surface area contributed by atoms with E-state index >= 15 is 9.59 Å². The van der Waals surface area contributed by atoms with Crippen LogP contribution in [0.2, 0.25) is 0 Å². The van der Waals surface area contributed by atoms with Gasteiger partial charge in [-0.25, -0.2) is 4.79 Å². The standard InChI is InChI=1S/C60H50O24/c1-2-80-58(78)29-3-19(53-37(70)13-24-32(65)5-20(61)9-41(24)81-53)4-31-46(29)51(76)52(77)56-59(31,57-40(73)16-27-35(68)8-23(64)12-44(27)84-57)48-30(55-39(72)15-26-34(67)7-22(63)11-43(26)83-55)18-45(74)60(56,79)49-47(48)28(17-36(69)50(49)75)54-38(71)14-25-33(66)6-21(62)10-42(25)82-54/h3-12,17-18,37-40,48,53-55,57,61-73,75,77,79H,2,13-16H2,1H3/t37-,38-,39-,40-,48-,53-,54-,55-,57+,59+,60-/m1/s1. The van der Waals surface area contributed by atoms with Gasteiger partial charge in [-0.1, -0.05) is 6.07 Å². The largest absolute Gasteiger partial charge is 0.508 e. The number of rotatable bonds is 6. The van der Waals surface area contributed by atoms with E-state index in [0.29, 0.717) is 0 Å². The molecular formula is C60H50O24. The third kappa shape index (κ3) is 7.40. The Balaban J connectivity index is 1.21. The minimum atomic E-state index is -3.75. The molecule has 0 saturated heterocycles. The molecule has 0 amide bonds. The molecule has 6 aromatic carbocycles. The van der Waals surface area contributed by atoms with Gasteiger partial charge in [-0.2, -0.15) is 0 Å². The summed E-state index contributed by atoms with van der Waals surface area (Å²) in [5.74, 6) is -16.0. The van der Waals surface area contributed by atoms with Gasteiger partial charge in [-0.05, 0) is 47.4 Å². The van der Waals surface area contributed by atoms with Crippen LogP contribution in [0.15, 0.2) is 89.7 Å². The number of phenols is 10. The van der Waals surface area contributed by atoms with E-state index in [0.717, 1.165) is 72.8 Å². The number of benzene rings is 6. The molecule has 4 aliphatic heterocycles. The number of hydrogen-bond acceptors (Lipinski definition) is 24. The molecule has 84 heavy (non-hydrogen) atoms. The number of ether oxygens (including phenoxy) is 5. The quantitative estimate of drug-likeness (QED) is 0.0838. The highest BCUT2D eigenvalue weighted by atomic mass is 16.5. The molecule has 0 unspecified atom stereocenters. The predicted octanol–water partition coefficient (Wildman–Crippen LogP) is 3.46. The van der Waals surface area contributed by atoms with Crippen LogP contribution < -0.4 is 18.9 Å². The van der Waals surface area contributed by atoms with Crippen LogP contribution in [-0.2, 0) is 46.2 Å². The number of Topliss-reactive ketones (excluding diaryl/α,β-unsaturated/α-hetero) is 1. The summed E-state index contributed by atoms with van der Waals surface area (Å²) in [6, 6.07) is 11.2. The van der Waals surface area contributed by atoms with Crippen molar-refractivity contribution >= 4 is 17.5 Å². The first-order valence-corrected chi connectivity index (χ1v) is 26.4. The highest BCUT2D eigenvalue weighted by Crippen LogP contribution is 2.71. The van der Waals surface area contributed by atoms with Gasteiger partial charge in [0.05, 0.1) is 42.0 Å². The molecule has 2 bridgehead atoms. The first kappa shape index (κ1) is 53.7. The second-order valence-corrected chi connectivity index (χ2v) is 21.9. The van der Waals surface area contributed by atoms with Gasteiger partial charge in [0.15, 0.2) is 34.7 Å². The second kappa shape index (κ2) is 18.5. The third-order valence-electron chi connectivity index (χ3n) is 17.2. The summed E-state index contributed by atoms with van der Waals surface area (Å²) in [6.45, 7) is 1.06. The normalized spacial score (nSPS) is 27.8. The van der Waals surface area contributed by atoms with E-state index in [4.69, 9.17) is 23.7 Å². The lowest BCUT2D eigenvalue weighted by molar-refractivity contribution is -0.132. The molecule has 8 aliphatic rings. The van der Waals surface area contributed by atoms with Gasteiger partial charge in [0, 0.05) is 125 Å². The Labute approximate surface area is 472 Å². The minimum absolute atomic E-state index is 0.0279. The van der Waals surface area contributed by atoms with E-state index in [9.17, 15) is 86.5 Å². The first-order chi connectivity index (χ1) is 39.9. The number of aliphatic hydroxyl groups excluding tert-OH is 5. The summed E-state index contributed by atoms with van der Waals surface area (Å²) in [4.78, 5) is 46.5. The van der Waals surface area contributed by atoms with Crippen molar-refractivity contribution in [1.82, 2.24) is 0 Å². The summed E-state index contributed by atoms with van der Waals surface area (Å²) in [6.07, 6.45) is -16.6. The maximum Gasteiger partial charge on any atom is 0.338 e. The van der Waals surface area contributed by atoms with Crippen LogP contribution in [0.5, 0.6) is 80.5 Å². The van der Waals surface area contributed by atoms with Crippen LogP contribution in [-0.4, -0.2) is 142 Å². The van der Waals surface area contributed by atoms with Gasteiger partial charge >= 0.3 is 5.97 Å². The maximum absolute atomic E-state index is 16.1. The van der Waals surface area contributed by atoms with Gasteiger partial charge in [0.25, 0.3) is 0 Å². The Hall–Kier alpha value is -9.59. The van der Waals surface area contributed by atoms with Crippen molar-refractivity contribution in [3.05, 3.63) is 151 Å². The van der Waals surface area contributed by atoms with Crippen LogP contribution in [0, 0.1) is 0 Å². The summed E-state index contributed by atoms with van der Waals surface area (Å²) < 4.78 is 31.6. The number of allylic oxidation sites excluding steroid dienone is 1. The average molecular weight is 1160 g/mol. The molecule has 24 nitrogen and oxygen atoms in total. The van der Waals surface area contributed by atoms with Crippen molar-refractivity contribution in [2.45, 2.75) is 98.4 Å². The number of carbonyl (C=O) groups is 3. The summed E-state index contributed by atoms with van der Waals surface area (Å²) in [7, 11) is 0. The number of ketones is 2. The lowest BCUT2D eigenvalue weighted by Crippen LogP contribution is -2.65. The molecule has 16 N–H and O–H groups in total. The predicted molar refractivity (Wildman–Crippen MR) is 281 cm³/mol. The molecule has 0 fully saturated rings. The van der Waals surface area contributed by atoms with E-state index in [2.05, 4.69) is 0 Å². The maximum atomic E-state index is 16.1. The van der Waals surface area contributed by atoms with Crippen LogP contribution in [0.3, 0.4) is 0 Å². The van der Waals surface area contributed by atoms with Crippen molar-refractivity contribution in [2.24, 2.45) is 0 Å². The number of aliphatic hydroxyl groups is 6. The molecule has 4 aliphatic carbocycles. The smallest absolute Gasteiger partial charge is 0.338 e. The molecule has 24 heteroatoms. The Kier molecular flexibility index (Phi) is 11.8. The molecule has 0 radical (unpaired) electrons. The number of esters is 1. The van der Waals surface area contributed by atoms with Gasteiger partial charge in [0.2, 0.25) is 5.78 Å². The molecular weight excluding hydrogens is 1100 g/mol. The zero-order chi connectivity index (χ0) is 59.7. The monoisotopic (exact) mass is 1150 g/mol. The summed E-state index contributed by atoms with van der Waals surface area (Å²) >= 11 is 0. The van der Waals surface area contributed by atoms with Crippen molar-refractivity contribution in [1.29, 1.82) is 0 Å². The van der Waals surface area contributed by atoms with Crippen molar-refractivity contribution in [3.63, 3.8) is 0 Å².